The van der Waals surface area contributed by atoms with Crippen molar-refractivity contribution in [3.63, 3.8) is 0 Å². The summed E-state index contributed by atoms with van der Waals surface area (Å²) in [5, 5.41) is 22.4. The molecule has 0 spiro atoms. The number of aromatic nitrogens is 6. The molecule has 0 unspecified atom stereocenters. The number of hydrogen-bond donors (Lipinski definition) is 2. The summed E-state index contributed by atoms with van der Waals surface area (Å²) in [6, 6.07) is 9.58. The number of fused-ring (bicyclic) bond motifs is 1. The number of aryl methyl sites for hydroxylation is 2. The standard InChI is InChI=1S/C22H18N8O5/c1-11-5-4-6-15(13(11)3)28-19-14(10-23-28)20(31)26-22(25-19)29-17(9-12(2)27-29)24-21(32)16-7-8-18(35-16)30(33)34/h4-10H,1-3H3,(H,24,32)(H,25,26,31). The van der Waals surface area contributed by atoms with Gasteiger partial charge in [0.15, 0.2) is 11.4 Å². The molecule has 0 aliphatic carbocycles. The number of hydrogen-bond acceptors (Lipinski definition) is 8. The van der Waals surface area contributed by atoms with Gasteiger partial charge in [0.1, 0.15) is 16.1 Å². The first-order valence-corrected chi connectivity index (χ1v) is 10.4. The molecule has 0 aliphatic rings. The fraction of sp³-hybridized carbons (Fsp3) is 0.136. The first-order chi connectivity index (χ1) is 16.7. The molecule has 5 rings (SSSR count). The Hall–Kier alpha value is -5.07. The highest BCUT2D eigenvalue weighted by Gasteiger charge is 2.21. The number of furan rings is 1. The third-order valence-corrected chi connectivity index (χ3v) is 5.50. The third-order valence-electron chi connectivity index (χ3n) is 5.50. The summed E-state index contributed by atoms with van der Waals surface area (Å²) in [5.41, 5.74) is 3.21. The molecule has 0 saturated heterocycles. The normalized spacial score (nSPS) is 11.2. The van der Waals surface area contributed by atoms with E-state index >= 15 is 0 Å². The number of aromatic amines is 1. The lowest BCUT2D eigenvalue weighted by molar-refractivity contribution is -0.402. The van der Waals surface area contributed by atoms with E-state index in [4.69, 9.17) is 4.42 Å². The summed E-state index contributed by atoms with van der Waals surface area (Å²) in [6.07, 6.45) is 1.44. The molecule has 0 aliphatic heterocycles. The number of carbonyl (C=O) groups excluding carboxylic acids is 1. The summed E-state index contributed by atoms with van der Waals surface area (Å²) < 4.78 is 7.79. The first-order valence-electron chi connectivity index (χ1n) is 10.4. The highest BCUT2D eigenvalue weighted by Crippen LogP contribution is 2.22. The van der Waals surface area contributed by atoms with Crippen LogP contribution in [0.1, 0.15) is 27.4 Å². The van der Waals surface area contributed by atoms with Crippen molar-refractivity contribution in [1.82, 2.24) is 29.5 Å². The Labute approximate surface area is 196 Å². The van der Waals surface area contributed by atoms with Crippen molar-refractivity contribution in [3.05, 3.63) is 85.6 Å². The van der Waals surface area contributed by atoms with E-state index in [9.17, 15) is 19.7 Å². The zero-order valence-electron chi connectivity index (χ0n) is 18.8. The maximum absolute atomic E-state index is 12.8. The Morgan fingerprint density at radius 2 is 1.97 bits per heavy atom. The van der Waals surface area contributed by atoms with Crippen molar-refractivity contribution < 1.29 is 14.1 Å². The topological polar surface area (TPSA) is 167 Å². The molecule has 2 N–H and O–H groups in total. The van der Waals surface area contributed by atoms with E-state index in [1.165, 1.54) is 16.9 Å². The average molecular weight is 474 g/mol. The zero-order valence-corrected chi connectivity index (χ0v) is 18.8. The van der Waals surface area contributed by atoms with E-state index in [1.807, 2.05) is 32.0 Å². The van der Waals surface area contributed by atoms with E-state index in [0.29, 0.717) is 11.3 Å². The lowest BCUT2D eigenvalue weighted by Crippen LogP contribution is -2.19. The molecule has 0 radical (unpaired) electrons. The van der Waals surface area contributed by atoms with Gasteiger partial charge in [0.25, 0.3) is 11.5 Å². The predicted molar refractivity (Wildman–Crippen MR) is 124 cm³/mol. The second-order valence-electron chi connectivity index (χ2n) is 7.83. The summed E-state index contributed by atoms with van der Waals surface area (Å²) >= 11 is 0. The molecule has 5 aromatic rings. The van der Waals surface area contributed by atoms with Crippen molar-refractivity contribution in [3.8, 4) is 11.6 Å². The van der Waals surface area contributed by atoms with E-state index in [2.05, 4.69) is 25.5 Å². The van der Waals surface area contributed by atoms with Gasteiger partial charge in [-0.05, 0) is 44.0 Å². The van der Waals surface area contributed by atoms with Crippen LogP contribution in [-0.2, 0) is 0 Å². The van der Waals surface area contributed by atoms with Gasteiger partial charge in [0.05, 0.1) is 23.6 Å². The molecular weight excluding hydrogens is 456 g/mol. The van der Waals surface area contributed by atoms with Crippen molar-refractivity contribution in [2.24, 2.45) is 0 Å². The third kappa shape index (κ3) is 3.74. The summed E-state index contributed by atoms with van der Waals surface area (Å²) in [4.78, 5) is 42.8. The lowest BCUT2D eigenvalue weighted by atomic mass is 10.1. The van der Waals surface area contributed by atoms with Crippen LogP contribution in [0.5, 0.6) is 0 Å². The first kappa shape index (κ1) is 21.8. The second-order valence-corrected chi connectivity index (χ2v) is 7.83. The quantitative estimate of drug-likeness (QED) is 0.289. The minimum absolute atomic E-state index is 0.0448. The van der Waals surface area contributed by atoms with Crippen LogP contribution >= 0.6 is 0 Å². The summed E-state index contributed by atoms with van der Waals surface area (Å²) in [5.74, 6) is -1.33. The van der Waals surface area contributed by atoms with Gasteiger partial charge in [-0.15, -0.1) is 0 Å². The van der Waals surface area contributed by atoms with E-state index in [-0.39, 0.29) is 22.9 Å². The minimum Gasteiger partial charge on any atom is -0.395 e. The smallest absolute Gasteiger partial charge is 0.395 e. The van der Waals surface area contributed by atoms with Crippen LogP contribution < -0.4 is 10.9 Å². The van der Waals surface area contributed by atoms with Gasteiger partial charge >= 0.3 is 5.88 Å². The van der Waals surface area contributed by atoms with Gasteiger partial charge in [-0.1, -0.05) is 12.1 Å². The number of anilines is 1. The fourth-order valence-electron chi connectivity index (χ4n) is 3.62. The molecule has 1 amide bonds. The van der Waals surface area contributed by atoms with Crippen LogP contribution in [0.15, 0.2) is 51.8 Å². The van der Waals surface area contributed by atoms with Gasteiger partial charge in [-0.2, -0.15) is 19.9 Å². The number of rotatable bonds is 5. The minimum atomic E-state index is -0.742. The average Bonchev–Trinajstić information content (AvgIpc) is 3.54. The van der Waals surface area contributed by atoms with Crippen LogP contribution in [0.4, 0.5) is 11.7 Å². The van der Waals surface area contributed by atoms with Gasteiger partial charge in [0.2, 0.25) is 5.95 Å². The van der Waals surface area contributed by atoms with E-state index < -0.39 is 22.3 Å². The summed E-state index contributed by atoms with van der Waals surface area (Å²) in [6.45, 7) is 5.63. The van der Waals surface area contributed by atoms with Crippen LogP contribution in [0.2, 0.25) is 0 Å². The van der Waals surface area contributed by atoms with Gasteiger partial charge in [-0.3, -0.25) is 24.7 Å². The van der Waals surface area contributed by atoms with Crippen molar-refractivity contribution in [2.75, 3.05) is 5.32 Å². The molecule has 0 fully saturated rings. The number of amides is 1. The Morgan fingerprint density at radius 3 is 2.71 bits per heavy atom. The van der Waals surface area contributed by atoms with Crippen LogP contribution in [0.3, 0.4) is 0 Å². The number of H-pyrrole nitrogens is 1. The van der Waals surface area contributed by atoms with E-state index in [1.54, 1.807) is 17.7 Å². The Morgan fingerprint density at radius 1 is 1.17 bits per heavy atom. The van der Waals surface area contributed by atoms with Crippen molar-refractivity contribution in [2.45, 2.75) is 20.8 Å². The van der Waals surface area contributed by atoms with Gasteiger partial charge < -0.3 is 9.73 Å². The largest absolute Gasteiger partial charge is 0.433 e. The predicted octanol–water partition coefficient (Wildman–Crippen LogP) is 2.97. The van der Waals surface area contributed by atoms with Crippen molar-refractivity contribution in [1.29, 1.82) is 0 Å². The van der Waals surface area contributed by atoms with Gasteiger partial charge in [0, 0.05) is 6.07 Å². The number of benzene rings is 1. The molecular formula is C22H18N8O5. The van der Waals surface area contributed by atoms with Crippen molar-refractivity contribution >= 4 is 28.6 Å². The maximum atomic E-state index is 12.8. The van der Waals surface area contributed by atoms with Crippen LogP contribution in [-0.4, -0.2) is 40.4 Å². The lowest BCUT2D eigenvalue weighted by Gasteiger charge is -2.10. The highest BCUT2D eigenvalue weighted by molar-refractivity contribution is 6.02. The molecule has 1 aromatic carbocycles. The molecule has 0 atom stereocenters. The number of nitrogens with zero attached hydrogens (tertiary/aromatic N) is 6. The molecule has 4 aromatic heterocycles. The summed E-state index contributed by atoms with van der Waals surface area (Å²) in [7, 11) is 0. The monoisotopic (exact) mass is 474 g/mol. The second kappa shape index (κ2) is 8.06. The maximum Gasteiger partial charge on any atom is 0.433 e. The van der Waals surface area contributed by atoms with Gasteiger partial charge in [-0.25, -0.2) is 4.68 Å². The molecule has 4 heterocycles. The number of nitrogens with one attached hydrogen (secondary N) is 2. The highest BCUT2D eigenvalue weighted by atomic mass is 16.6. The SMILES string of the molecule is Cc1cc(NC(=O)c2ccc([N+](=O)[O-])o2)n(-c2nc3c(cnn3-c3cccc(C)c3C)c(=O)[nH]2)n1. The molecule has 176 valence electrons. The Kier molecular flexibility index (Phi) is 5.01. The van der Waals surface area contributed by atoms with Crippen LogP contribution in [0.25, 0.3) is 22.7 Å². The van der Waals surface area contributed by atoms with Crippen LogP contribution in [0, 0.1) is 30.9 Å². The molecule has 0 bridgehead atoms. The zero-order chi connectivity index (χ0) is 24.9. The molecule has 0 saturated carbocycles. The molecule has 13 heteroatoms. The Balaban J connectivity index is 1.58. The number of carbonyl (C=O) groups is 1. The van der Waals surface area contributed by atoms with E-state index in [0.717, 1.165) is 22.9 Å². The Bertz CT molecular complexity index is 1690. The molecule has 13 nitrogen and oxygen atoms in total. The fourth-order valence-corrected chi connectivity index (χ4v) is 3.62. The molecule has 35 heavy (non-hydrogen) atoms. The number of nitro groups is 1.